The van der Waals surface area contributed by atoms with Crippen molar-refractivity contribution in [3.05, 3.63) is 40.9 Å². The van der Waals surface area contributed by atoms with Gasteiger partial charge in [0.05, 0.1) is 14.2 Å². The smallest absolute Gasteiger partial charge is 0.411 e. The third kappa shape index (κ3) is 2.76. The van der Waals surface area contributed by atoms with Crippen LogP contribution in [0.15, 0.2) is 24.5 Å². The Hall–Kier alpha value is -2.46. The SMILES string of the molecule is COC(=O)C(C(=O)OC)=[n+]1ccc(=C=[N-])cc1. The molecule has 1 aromatic rings. The van der Waals surface area contributed by atoms with E-state index in [1.807, 2.05) is 5.87 Å². The number of esters is 2. The van der Waals surface area contributed by atoms with Gasteiger partial charge in [0.15, 0.2) is 12.4 Å². The number of nitrogens with zero attached hydrogens (tertiary/aromatic N) is 2. The van der Waals surface area contributed by atoms with Gasteiger partial charge in [-0.3, -0.25) is 5.87 Å². The lowest BCUT2D eigenvalue weighted by Crippen LogP contribution is -2.34. The summed E-state index contributed by atoms with van der Waals surface area (Å²) < 4.78 is 10.2. The topological polar surface area (TPSA) is 80.8 Å². The lowest BCUT2D eigenvalue weighted by atomic mass is 10.3. The largest absolute Gasteiger partial charge is 0.763 e. The van der Waals surface area contributed by atoms with Gasteiger partial charge in [-0.1, -0.05) is 0 Å². The van der Waals surface area contributed by atoms with Gasteiger partial charge >= 0.3 is 17.7 Å². The summed E-state index contributed by atoms with van der Waals surface area (Å²) in [5.74, 6) is 0.298. The molecule has 6 heteroatoms. The van der Waals surface area contributed by atoms with Gasteiger partial charge in [-0.15, -0.1) is 0 Å². The highest BCUT2D eigenvalue weighted by Gasteiger charge is 2.30. The van der Waals surface area contributed by atoms with Crippen LogP contribution in [0.25, 0.3) is 5.41 Å². The van der Waals surface area contributed by atoms with Crippen molar-refractivity contribution < 1.29 is 23.3 Å². The number of carbonyl (C=O) groups is 2. The summed E-state index contributed by atoms with van der Waals surface area (Å²) in [5, 5.41) is 9.04. The second-order valence-electron chi connectivity index (χ2n) is 2.94. The number of pyridine rings is 1. The van der Waals surface area contributed by atoms with E-state index >= 15 is 0 Å². The second-order valence-corrected chi connectivity index (χ2v) is 2.94. The Morgan fingerprint density at radius 2 is 1.65 bits per heavy atom. The summed E-state index contributed by atoms with van der Waals surface area (Å²) >= 11 is 0. The van der Waals surface area contributed by atoms with Crippen molar-refractivity contribution in [2.75, 3.05) is 14.2 Å². The van der Waals surface area contributed by atoms with E-state index in [0.29, 0.717) is 5.22 Å². The van der Waals surface area contributed by atoms with E-state index in [4.69, 9.17) is 5.41 Å². The monoisotopic (exact) mass is 234 g/mol. The zero-order valence-electron chi connectivity index (χ0n) is 9.34. The normalized spacial score (nSPS) is 9.06. The number of methoxy groups -OCH3 is 2. The molecular weight excluding hydrogens is 224 g/mol. The molecule has 1 rings (SSSR count). The molecule has 17 heavy (non-hydrogen) atoms. The lowest BCUT2D eigenvalue weighted by molar-refractivity contribution is -0.517. The molecule has 0 saturated carbocycles. The van der Waals surface area contributed by atoms with Crippen LogP contribution in [0.3, 0.4) is 0 Å². The van der Waals surface area contributed by atoms with Crippen LogP contribution in [-0.2, 0) is 19.1 Å². The Morgan fingerprint density at radius 1 is 1.18 bits per heavy atom. The first-order valence-electron chi connectivity index (χ1n) is 4.59. The van der Waals surface area contributed by atoms with Crippen molar-refractivity contribution in [3.63, 3.8) is 0 Å². The molecule has 0 radical (unpaired) electrons. The first kappa shape index (κ1) is 12.6. The average Bonchev–Trinajstić information content (AvgIpc) is 2.39. The Balaban J connectivity index is 3.51. The van der Waals surface area contributed by atoms with Gasteiger partial charge in [0.1, 0.15) is 0 Å². The van der Waals surface area contributed by atoms with Gasteiger partial charge in [-0.2, -0.15) is 4.24 Å². The Labute approximate surface area is 96.9 Å². The number of ether oxygens (including phenoxy) is 2. The fourth-order valence-corrected chi connectivity index (χ4v) is 1.14. The summed E-state index contributed by atoms with van der Waals surface area (Å²) in [5.41, 5.74) is -0.278. The van der Waals surface area contributed by atoms with E-state index in [-0.39, 0.29) is 5.71 Å². The predicted molar refractivity (Wildman–Crippen MR) is 56.4 cm³/mol. The van der Waals surface area contributed by atoms with Gasteiger partial charge in [-0.25, -0.2) is 9.59 Å². The quantitative estimate of drug-likeness (QED) is 0.273. The second kappa shape index (κ2) is 5.58. The van der Waals surface area contributed by atoms with Crippen LogP contribution in [-0.4, -0.2) is 32.0 Å². The minimum Gasteiger partial charge on any atom is -0.763 e. The summed E-state index contributed by atoms with van der Waals surface area (Å²) in [6.07, 6.45) is 2.81. The van der Waals surface area contributed by atoms with Crippen molar-refractivity contribution in [3.8, 4) is 0 Å². The third-order valence-corrected chi connectivity index (χ3v) is 1.97. The molecule has 0 aliphatic carbocycles. The molecule has 0 amide bonds. The number of carbonyl (C=O) groups excluding carboxylic acids is 2. The molecule has 0 aliphatic heterocycles. The summed E-state index contributed by atoms with van der Waals surface area (Å²) in [4.78, 5) is 22.8. The maximum atomic E-state index is 11.4. The van der Waals surface area contributed by atoms with Crippen LogP contribution in [0.1, 0.15) is 0 Å². The van der Waals surface area contributed by atoms with Crippen molar-refractivity contribution in [1.29, 1.82) is 0 Å². The highest BCUT2D eigenvalue weighted by Crippen LogP contribution is 1.92. The van der Waals surface area contributed by atoms with Gasteiger partial charge < -0.3 is 14.9 Å². The van der Waals surface area contributed by atoms with E-state index in [0.717, 1.165) is 14.2 Å². The highest BCUT2D eigenvalue weighted by atomic mass is 16.5. The van der Waals surface area contributed by atoms with E-state index in [1.54, 1.807) is 0 Å². The molecule has 1 heterocycles. The van der Waals surface area contributed by atoms with Crippen molar-refractivity contribution in [2.24, 2.45) is 0 Å². The molecule has 0 aliphatic rings. The number of rotatable bonds is 2. The lowest BCUT2D eigenvalue weighted by Gasteiger charge is -1.96. The molecule has 0 atom stereocenters. The molecule has 1 aromatic heterocycles. The number of hydrogen-bond donors (Lipinski definition) is 0. The molecule has 88 valence electrons. The van der Waals surface area contributed by atoms with E-state index in [2.05, 4.69) is 9.47 Å². The summed E-state index contributed by atoms with van der Waals surface area (Å²) in [7, 11) is 2.32. The molecule has 0 unspecified atom stereocenters. The van der Waals surface area contributed by atoms with E-state index in [9.17, 15) is 9.59 Å². The molecule has 0 spiro atoms. The van der Waals surface area contributed by atoms with E-state index in [1.165, 1.54) is 28.8 Å². The van der Waals surface area contributed by atoms with Crippen LogP contribution >= 0.6 is 0 Å². The third-order valence-electron chi connectivity index (χ3n) is 1.97. The maximum absolute atomic E-state index is 11.4. The molecule has 0 bridgehead atoms. The molecule has 0 saturated heterocycles. The maximum Gasteiger partial charge on any atom is 0.411 e. The van der Waals surface area contributed by atoms with Crippen LogP contribution in [0.2, 0.25) is 0 Å². The summed E-state index contributed by atoms with van der Waals surface area (Å²) in [6, 6.07) is 2.93. The zero-order valence-corrected chi connectivity index (χ0v) is 9.34. The minimum atomic E-state index is -0.813. The van der Waals surface area contributed by atoms with Gasteiger partial charge in [0.25, 0.3) is 0 Å². The predicted octanol–water partition coefficient (Wildman–Crippen LogP) is -1.39. The molecule has 0 aromatic carbocycles. The van der Waals surface area contributed by atoms with Crippen molar-refractivity contribution in [2.45, 2.75) is 0 Å². The number of hydrogen-bond acceptors (Lipinski definition) is 4. The van der Waals surface area contributed by atoms with Gasteiger partial charge in [0, 0.05) is 17.4 Å². The van der Waals surface area contributed by atoms with Crippen molar-refractivity contribution >= 4 is 17.8 Å². The van der Waals surface area contributed by atoms with Crippen LogP contribution in [0.5, 0.6) is 0 Å². The standard InChI is InChI=1S/C11H10N2O4/c1-16-10(14)9(11(15)17-2)13-5-3-8(7-12)4-6-13/h3-6H,1-2H3. The molecule has 6 nitrogen and oxygen atoms in total. The van der Waals surface area contributed by atoms with Crippen molar-refractivity contribution in [1.82, 2.24) is 0 Å². The average molecular weight is 234 g/mol. The highest BCUT2D eigenvalue weighted by molar-refractivity contribution is 6.05. The van der Waals surface area contributed by atoms with Gasteiger partial charge in [0.2, 0.25) is 0 Å². The molecule has 0 N–H and O–H groups in total. The first-order chi connectivity index (χ1) is 8.13. The Kier molecular flexibility index (Phi) is 4.14. The minimum absolute atomic E-state index is 0.278. The fourth-order valence-electron chi connectivity index (χ4n) is 1.14. The molecular formula is C11H10N2O4. The fraction of sp³-hybridized carbons (Fsp3) is 0.182. The number of aromatic nitrogens is 1. The summed E-state index contributed by atoms with van der Waals surface area (Å²) in [6.45, 7) is 0. The van der Waals surface area contributed by atoms with Crippen LogP contribution in [0.4, 0.5) is 0 Å². The molecule has 0 fully saturated rings. The Morgan fingerprint density at radius 3 is 2.00 bits per heavy atom. The van der Waals surface area contributed by atoms with E-state index < -0.39 is 11.9 Å². The zero-order chi connectivity index (χ0) is 12.8. The van der Waals surface area contributed by atoms with Gasteiger partial charge in [-0.05, 0) is 0 Å². The van der Waals surface area contributed by atoms with Crippen LogP contribution < -0.4 is 9.46 Å². The Bertz CT molecular complexity index is 546. The van der Waals surface area contributed by atoms with Crippen LogP contribution in [0, 0.1) is 5.71 Å². The first-order valence-corrected chi connectivity index (χ1v) is 4.59.